The molecule has 5 heavy (non-hydrogen) atoms. The van der Waals surface area contributed by atoms with E-state index in [1.54, 1.807) is 0 Å². The van der Waals surface area contributed by atoms with Crippen LogP contribution in [0.5, 0.6) is 0 Å². The Morgan fingerprint density at radius 2 is 1.20 bits per heavy atom. The summed E-state index contributed by atoms with van der Waals surface area (Å²) in [6, 6.07) is 0. The molecule has 0 aromatic carbocycles. The quantitative estimate of drug-likeness (QED) is 0.377. The maximum atomic E-state index is 8.40. The molecule has 0 aliphatic heterocycles. The van der Waals surface area contributed by atoms with E-state index in [1.165, 1.54) is 0 Å². The van der Waals surface area contributed by atoms with E-state index >= 15 is 0 Å². The normalized spacial score (nSPS) is 2.80. The summed E-state index contributed by atoms with van der Waals surface area (Å²) in [7, 11) is -1.42. The van der Waals surface area contributed by atoms with Gasteiger partial charge in [-0.1, -0.05) is 0 Å². The molecule has 0 saturated carbocycles. The van der Waals surface area contributed by atoms with E-state index in [0.29, 0.717) is 0 Å². The van der Waals surface area contributed by atoms with Crippen molar-refractivity contribution in [2.75, 3.05) is 0 Å². The first kappa shape index (κ1) is 9.30. The molecule has 0 spiro atoms. The van der Waals surface area contributed by atoms with Crippen LogP contribution in [0.3, 0.4) is 0 Å². The predicted molar refractivity (Wildman–Crippen MR) is 13.6 cm³/mol. The van der Waals surface area contributed by atoms with Gasteiger partial charge in [-0.3, -0.25) is 8.92 Å². The van der Waals surface area contributed by atoms with Crippen LogP contribution in [0.15, 0.2) is 0 Å². The van der Waals surface area contributed by atoms with Crippen LogP contribution >= 0.6 is 0 Å². The molecule has 3 nitrogen and oxygen atoms in total. The van der Waals surface area contributed by atoms with Gasteiger partial charge in [-0.2, -0.15) is 0 Å². The molecule has 0 fully saturated rings. The number of hydrogen-bond donors (Lipinski definition) is 0. The van der Waals surface area contributed by atoms with Crippen LogP contribution in [0.2, 0.25) is 0 Å². The summed E-state index contributed by atoms with van der Waals surface area (Å²) in [5.74, 6) is 0. The van der Waals surface area contributed by atoms with Gasteiger partial charge in [-0.15, -0.1) is 0 Å². The first-order chi connectivity index (χ1) is 2.41. The van der Waals surface area contributed by atoms with Gasteiger partial charge in [-0.25, -0.2) is 0 Å². The third-order valence-corrected chi connectivity index (χ3v) is 0. The van der Waals surface area contributed by atoms with Crippen molar-refractivity contribution in [3.63, 3.8) is 0 Å². The van der Waals surface area contributed by atoms with Gasteiger partial charge in [0.1, 0.15) is 0 Å². The van der Waals surface area contributed by atoms with Gasteiger partial charge in [0.15, 0.2) is 0 Å². The zero-order valence-corrected chi connectivity index (χ0v) is 5.64. The van der Waals surface area contributed by atoms with Crippen LogP contribution in [-0.2, 0) is 10.4 Å². The first-order valence-electron chi connectivity index (χ1n) is 0.697. The summed E-state index contributed by atoms with van der Waals surface area (Å²) in [6.45, 7) is 0. The molecule has 0 amide bonds. The summed E-state index contributed by atoms with van der Waals surface area (Å²) in [5.41, 5.74) is 0. The van der Waals surface area contributed by atoms with Gasteiger partial charge in [0.05, 0.1) is 0 Å². The Balaban J connectivity index is 0. The van der Waals surface area contributed by atoms with Gasteiger partial charge < -0.3 is 0 Å². The van der Waals surface area contributed by atoms with Gasteiger partial charge in [-0.05, 0) is 0 Å². The average molecular weight is 116 g/mol. The van der Waals surface area contributed by atoms with Crippen molar-refractivity contribution in [1.82, 2.24) is 0 Å². The van der Waals surface area contributed by atoms with Crippen LogP contribution in [-0.4, -0.2) is 45.2 Å². The van der Waals surface area contributed by atoms with Crippen LogP contribution in [0.4, 0.5) is 0 Å². The van der Waals surface area contributed by atoms with Crippen LogP contribution in [0, 0.1) is 0 Å². The fourth-order valence-electron chi connectivity index (χ4n) is 0. The monoisotopic (exact) mass is 116 g/mol. The van der Waals surface area contributed by atoms with E-state index in [-0.39, 0.29) is 35.9 Å². The Labute approximate surface area is 55.1 Å². The molecule has 24 valence electrons. The zero-order chi connectivity index (χ0) is 4.71. The maximum absolute atomic E-state index is 8.40. The van der Waals surface area contributed by atoms with Crippen molar-refractivity contribution in [2.45, 2.75) is 0 Å². The molecule has 0 atom stereocenters. The molecule has 0 heterocycles. The van der Waals surface area contributed by atoms with E-state index in [2.05, 4.69) is 0 Å². The van der Waals surface area contributed by atoms with Crippen molar-refractivity contribution in [3.8, 4) is 0 Å². The Morgan fingerprint density at radius 3 is 1.20 bits per heavy atom. The van der Waals surface area contributed by atoms with Crippen LogP contribution in [0.1, 0.15) is 0 Å². The molecule has 0 aromatic heterocycles. The summed E-state index contributed by atoms with van der Waals surface area (Å²) < 4.78 is 25.2. The Bertz CT molecular complexity index is 36.2. The molecule has 0 unspecified atom stereocenters. The second kappa shape index (κ2) is 20.8. The Kier molecular flexibility index (Phi) is 38.7. The van der Waals surface area contributed by atoms with Gasteiger partial charge >= 0.3 is 46.6 Å². The molecule has 0 saturated heterocycles. The third-order valence-electron chi connectivity index (χ3n) is 0. The molecule has 0 aliphatic carbocycles. The fourth-order valence-corrected chi connectivity index (χ4v) is 0. The molecular weight excluding hydrogens is 116 g/mol. The molecule has 0 rings (SSSR count). The van der Waals surface area contributed by atoms with Crippen molar-refractivity contribution < 1.29 is 10.4 Å². The molecule has 0 bridgehead atoms. The fraction of sp³-hybridized carbons (Fsp3) is 0. The summed E-state index contributed by atoms with van der Waals surface area (Å²) >= 11 is 0.125. The van der Waals surface area contributed by atoms with E-state index in [0.717, 1.165) is 0 Å². The van der Waals surface area contributed by atoms with Gasteiger partial charge in [0.2, 0.25) is 0 Å². The first-order valence-corrected chi connectivity index (χ1v) is 2.41. The van der Waals surface area contributed by atoms with E-state index in [1.807, 2.05) is 0 Å². The second-order valence-electron chi connectivity index (χ2n) is 0.0833. The zero-order valence-electron chi connectivity index (χ0n) is 2.43. The summed E-state index contributed by atoms with van der Waals surface area (Å²) in [6.07, 6.45) is 0. The summed E-state index contributed by atoms with van der Waals surface area (Å²) in [4.78, 5) is 0. The minimum atomic E-state index is -1.42. The third kappa shape index (κ3) is 52.5. The molecular formula is CaO3Si. The molecule has 0 N–H and O–H groups in total. The Hall–Kier alpha value is 0.877. The van der Waals surface area contributed by atoms with Crippen LogP contribution in [0.25, 0.3) is 0 Å². The van der Waals surface area contributed by atoms with Gasteiger partial charge in [0, 0.05) is 0 Å². The number of rotatable bonds is 0. The standard InChI is InChI=1S/Ca.O2Si.O/c;1-3-2;. The minimum absolute atomic E-state index is 0.125. The van der Waals surface area contributed by atoms with E-state index < -0.39 is 9.29 Å². The van der Waals surface area contributed by atoms with Gasteiger partial charge in [0.25, 0.3) is 0 Å². The average Bonchev–Trinajstić information content (AvgIpc) is 1.46. The van der Waals surface area contributed by atoms with Crippen molar-refractivity contribution in [1.29, 1.82) is 0 Å². The topological polar surface area (TPSA) is 51.2 Å². The SMILES string of the molecule is O=[Si]=O.[O]=[Ca]. The summed E-state index contributed by atoms with van der Waals surface area (Å²) in [5, 5.41) is 0. The Morgan fingerprint density at radius 1 is 1.20 bits per heavy atom. The van der Waals surface area contributed by atoms with Crippen molar-refractivity contribution in [2.24, 2.45) is 0 Å². The predicted octanol–water partition coefficient (Wildman–Crippen LogP) is -1.12. The molecule has 5 heteroatoms. The van der Waals surface area contributed by atoms with E-state index in [9.17, 15) is 0 Å². The van der Waals surface area contributed by atoms with E-state index in [4.69, 9.17) is 10.4 Å². The molecule has 0 aromatic rings. The molecule has 0 radical (unpaired) electrons. The second-order valence-corrected chi connectivity index (χ2v) is 0.250. The van der Waals surface area contributed by atoms with Crippen molar-refractivity contribution in [3.05, 3.63) is 0 Å². The van der Waals surface area contributed by atoms with Crippen molar-refractivity contribution >= 4 is 45.2 Å². The number of hydrogen-bond acceptors (Lipinski definition) is 3. The molecule has 0 aliphatic rings. The van der Waals surface area contributed by atoms with Crippen LogP contribution < -0.4 is 0 Å².